The van der Waals surface area contributed by atoms with Crippen LogP contribution in [-0.4, -0.2) is 28.6 Å². The van der Waals surface area contributed by atoms with Gasteiger partial charge in [-0.3, -0.25) is 9.59 Å². The van der Waals surface area contributed by atoms with Crippen LogP contribution in [0.4, 0.5) is 0 Å². The van der Waals surface area contributed by atoms with Crippen LogP contribution in [0.1, 0.15) is 55.9 Å². The van der Waals surface area contributed by atoms with Gasteiger partial charge >= 0.3 is 0 Å². The highest BCUT2D eigenvalue weighted by atomic mass is 35.5. The zero-order valence-corrected chi connectivity index (χ0v) is 16.0. The number of para-hydroxylation sites is 1. The molecule has 2 aliphatic rings. The molecular formula is C20H26ClN3O2. The molecule has 1 aromatic carbocycles. The first-order valence-electron chi connectivity index (χ1n) is 9.24. The lowest BCUT2D eigenvalue weighted by Crippen LogP contribution is -2.48. The topological polar surface area (TPSA) is 63.1 Å². The fraction of sp³-hybridized carbons (Fsp3) is 0.500. The molecule has 2 atom stereocenters. The van der Waals surface area contributed by atoms with E-state index in [0.717, 1.165) is 23.7 Å². The van der Waals surface area contributed by atoms with E-state index >= 15 is 0 Å². The second-order valence-electron chi connectivity index (χ2n) is 7.67. The Morgan fingerprint density at radius 1 is 1.19 bits per heavy atom. The number of halogens is 1. The average Bonchev–Trinajstić information content (AvgIpc) is 2.92. The number of rotatable bonds is 3. The predicted molar refractivity (Wildman–Crippen MR) is 106 cm³/mol. The highest BCUT2D eigenvalue weighted by Gasteiger charge is 2.34. The molecule has 2 unspecified atom stereocenters. The van der Waals surface area contributed by atoms with E-state index in [1.807, 2.05) is 38.1 Å². The monoisotopic (exact) mass is 375 g/mol. The molecular weight excluding hydrogens is 350 g/mol. The molecule has 2 aromatic rings. The molecule has 2 N–H and O–H groups in total. The van der Waals surface area contributed by atoms with Gasteiger partial charge in [-0.15, -0.1) is 12.4 Å². The lowest BCUT2D eigenvalue weighted by molar-refractivity contribution is 0.0922. The Morgan fingerprint density at radius 3 is 2.50 bits per heavy atom. The first kappa shape index (κ1) is 18.9. The molecule has 0 spiro atoms. The second-order valence-corrected chi connectivity index (χ2v) is 7.67. The number of amides is 1. The molecule has 6 heteroatoms. The van der Waals surface area contributed by atoms with Crippen LogP contribution < -0.4 is 16.2 Å². The van der Waals surface area contributed by atoms with Crippen LogP contribution in [-0.2, 0) is 0 Å². The molecule has 0 radical (unpaired) electrons. The van der Waals surface area contributed by atoms with Crippen molar-refractivity contribution in [3.05, 3.63) is 46.2 Å². The summed E-state index contributed by atoms with van der Waals surface area (Å²) >= 11 is 0. The van der Waals surface area contributed by atoms with Crippen molar-refractivity contribution in [2.24, 2.45) is 0 Å². The van der Waals surface area contributed by atoms with E-state index in [0.29, 0.717) is 12.1 Å². The number of hydrogen-bond donors (Lipinski definition) is 2. The second kappa shape index (κ2) is 7.41. The van der Waals surface area contributed by atoms with E-state index in [2.05, 4.69) is 10.6 Å². The Balaban J connectivity index is 0.00000196. The smallest absolute Gasteiger partial charge is 0.264 e. The molecule has 140 valence electrons. The van der Waals surface area contributed by atoms with Crippen molar-refractivity contribution in [3.63, 3.8) is 0 Å². The third-order valence-electron chi connectivity index (χ3n) is 5.51. The predicted octanol–water partition coefficient (Wildman–Crippen LogP) is 3.02. The number of aromatic nitrogens is 1. The van der Waals surface area contributed by atoms with Crippen LogP contribution in [0.15, 0.2) is 35.1 Å². The van der Waals surface area contributed by atoms with Gasteiger partial charge in [0.15, 0.2) is 0 Å². The van der Waals surface area contributed by atoms with Crippen LogP contribution in [0.3, 0.4) is 0 Å². The van der Waals surface area contributed by atoms with Gasteiger partial charge < -0.3 is 15.2 Å². The maximum absolute atomic E-state index is 12.9. The van der Waals surface area contributed by atoms with Gasteiger partial charge in [0, 0.05) is 24.2 Å². The molecule has 26 heavy (non-hydrogen) atoms. The summed E-state index contributed by atoms with van der Waals surface area (Å²) in [5.74, 6) is -0.239. The number of nitrogens with zero attached hydrogens (tertiary/aromatic N) is 1. The van der Waals surface area contributed by atoms with Crippen molar-refractivity contribution >= 4 is 29.2 Å². The number of hydrogen-bond acceptors (Lipinski definition) is 3. The van der Waals surface area contributed by atoms with Gasteiger partial charge in [0.1, 0.15) is 5.56 Å². The Kier molecular flexibility index (Phi) is 5.39. The molecule has 0 saturated carbocycles. The van der Waals surface area contributed by atoms with Gasteiger partial charge in [-0.05, 0) is 57.0 Å². The number of nitrogens with one attached hydrogen (secondary N) is 2. The molecule has 2 aliphatic heterocycles. The quantitative estimate of drug-likeness (QED) is 0.866. The lowest BCUT2D eigenvalue weighted by Gasteiger charge is -2.29. The maximum atomic E-state index is 12.9. The van der Waals surface area contributed by atoms with Crippen molar-refractivity contribution in [1.82, 2.24) is 15.2 Å². The summed E-state index contributed by atoms with van der Waals surface area (Å²) in [4.78, 5) is 25.8. The van der Waals surface area contributed by atoms with Crippen LogP contribution in [0.2, 0.25) is 0 Å². The van der Waals surface area contributed by atoms with Crippen LogP contribution in [0.5, 0.6) is 0 Å². The molecule has 4 rings (SSSR count). The fourth-order valence-corrected chi connectivity index (χ4v) is 4.40. The molecule has 0 aliphatic carbocycles. The largest absolute Gasteiger partial charge is 0.349 e. The normalized spacial score (nSPS) is 24.5. The van der Waals surface area contributed by atoms with E-state index in [9.17, 15) is 9.59 Å². The summed E-state index contributed by atoms with van der Waals surface area (Å²) in [6, 6.07) is 10.7. The standard InChI is InChI=1S/C20H25N3O2.ClH/c1-12(2)23-18-6-4-3-5-13(18)9-17(20(23)25)19(24)22-16-10-14-7-8-15(11-16)21-14;/h3-6,9,12,14-16,21H,7-8,10-11H2,1-2H3,(H,22,24);1H. The van der Waals surface area contributed by atoms with Crippen LogP contribution >= 0.6 is 12.4 Å². The Hall–Kier alpha value is -1.85. The lowest BCUT2D eigenvalue weighted by atomic mass is 9.99. The number of benzene rings is 1. The molecule has 2 fully saturated rings. The zero-order valence-electron chi connectivity index (χ0n) is 15.2. The minimum Gasteiger partial charge on any atom is -0.349 e. The number of fused-ring (bicyclic) bond motifs is 3. The van der Waals surface area contributed by atoms with E-state index < -0.39 is 0 Å². The summed E-state index contributed by atoms with van der Waals surface area (Å²) in [5, 5.41) is 7.61. The summed E-state index contributed by atoms with van der Waals surface area (Å²) in [7, 11) is 0. The number of pyridine rings is 1. The van der Waals surface area contributed by atoms with Crippen molar-refractivity contribution < 1.29 is 4.79 Å². The Labute approximate surface area is 159 Å². The first-order valence-corrected chi connectivity index (χ1v) is 9.24. The van der Waals surface area contributed by atoms with E-state index in [4.69, 9.17) is 0 Å². The highest BCUT2D eigenvalue weighted by Crippen LogP contribution is 2.27. The van der Waals surface area contributed by atoms with E-state index in [1.54, 1.807) is 10.6 Å². The average molecular weight is 376 g/mol. The van der Waals surface area contributed by atoms with Gasteiger partial charge in [0.05, 0.1) is 5.52 Å². The van der Waals surface area contributed by atoms with Gasteiger partial charge in [-0.2, -0.15) is 0 Å². The molecule has 2 bridgehead atoms. The Morgan fingerprint density at radius 2 is 1.85 bits per heavy atom. The fourth-order valence-electron chi connectivity index (χ4n) is 4.40. The summed E-state index contributed by atoms with van der Waals surface area (Å²) in [6.45, 7) is 3.94. The SMILES string of the molecule is CC(C)n1c(=O)c(C(=O)NC2CC3CCC(C2)N3)cc2ccccc21.Cl. The summed E-state index contributed by atoms with van der Waals surface area (Å²) < 4.78 is 1.72. The third kappa shape index (κ3) is 3.38. The van der Waals surface area contributed by atoms with Gasteiger partial charge in [0.25, 0.3) is 11.5 Å². The number of carbonyl (C=O) groups is 1. The molecule has 1 amide bonds. The molecule has 2 saturated heterocycles. The number of carbonyl (C=O) groups excluding carboxylic acids is 1. The van der Waals surface area contributed by atoms with Crippen molar-refractivity contribution in [1.29, 1.82) is 0 Å². The van der Waals surface area contributed by atoms with Crippen molar-refractivity contribution in [2.45, 2.75) is 63.7 Å². The minimum atomic E-state index is -0.239. The van der Waals surface area contributed by atoms with Crippen LogP contribution in [0, 0.1) is 0 Å². The van der Waals surface area contributed by atoms with E-state index in [-0.39, 0.29) is 41.5 Å². The molecule has 5 nitrogen and oxygen atoms in total. The summed E-state index contributed by atoms with van der Waals surface area (Å²) in [5.41, 5.74) is 0.917. The van der Waals surface area contributed by atoms with Crippen molar-refractivity contribution in [3.8, 4) is 0 Å². The van der Waals surface area contributed by atoms with E-state index in [1.165, 1.54) is 12.8 Å². The van der Waals surface area contributed by atoms with Crippen molar-refractivity contribution in [2.75, 3.05) is 0 Å². The van der Waals surface area contributed by atoms with Crippen LogP contribution in [0.25, 0.3) is 10.9 Å². The van der Waals surface area contributed by atoms with Gasteiger partial charge in [0.2, 0.25) is 0 Å². The molecule has 3 heterocycles. The summed E-state index contributed by atoms with van der Waals surface area (Å²) in [6.07, 6.45) is 4.28. The molecule has 1 aromatic heterocycles. The first-order chi connectivity index (χ1) is 12.0. The van der Waals surface area contributed by atoms with Gasteiger partial charge in [-0.25, -0.2) is 0 Å². The third-order valence-corrected chi connectivity index (χ3v) is 5.51. The number of piperidine rings is 1. The Bertz CT molecular complexity index is 865. The minimum absolute atomic E-state index is 0. The highest BCUT2D eigenvalue weighted by molar-refractivity contribution is 5.97. The van der Waals surface area contributed by atoms with Gasteiger partial charge in [-0.1, -0.05) is 18.2 Å². The maximum Gasteiger partial charge on any atom is 0.264 e. The zero-order chi connectivity index (χ0) is 17.6.